The predicted octanol–water partition coefficient (Wildman–Crippen LogP) is 6.54. The Hall–Kier alpha value is -5.77. The molecule has 5 rings (SSSR count). The van der Waals surface area contributed by atoms with Gasteiger partial charge in [0.15, 0.2) is 0 Å². The van der Waals surface area contributed by atoms with E-state index in [0.29, 0.717) is 22.3 Å². The summed E-state index contributed by atoms with van der Waals surface area (Å²) in [4.78, 5) is 69.7. The van der Waals surface area contributed by atoms with Crippen molar-refractivity contribution in [3.05, 3.63) is 124 Å². The van der Waals surface area contributed by atoms with Crippen molar-refractivity contribution in [1.82, 2.24) is 9.80 Å². The fraction of sp³-hybridized carbons (Fsp3) is 0.310. The Morgan fingerprint density at radius 3 is 2.21 bits per heavy atom. The van der Waals surface area contributed by atoms with Gasteiger partial charge in [-0.25, -0.2) is 4.79 Å². The zero-order valence-corrected chi connectivity index (χ0v) is 31.0. The average Bonchev–Trinajstić information content (AvgIpc) is 3.33. The molecule has 0 saturated carbocycles. The van der Waals surface area contributed by atoms with Gasteiger partial charge in [0.05, 0.1) is 24.3 Å². The first-order valence-corrected chi connectivity index (χ1v) is 17.2. The lowest BCUT2D eigenvalue weighted by Crippen LogP contribution is -2.52. The number of benzene rings is 4. The van der Waals surface area contributed by atoms with E-state index < -0.39 is 30.0 Å². The van der Waals surface area contributed by atoms with Crippen molar-refractivity contribution in [1.29, 1.82) is 0 Å². The van der Waals surface area contributed by atoms with Gasteiger partial charge in [-0.2, -0.15) is 0 Å². The highest BCUT2D eigenvalue weighted by molar-refractivity contribution is 6.12. The summed E-state index contributed by atoms with van der Waals surface area (Å²) in [6, 6.07) is 25.1. The molecule has 1 aliphatic rings. The number of carbonyl (C=O) groups is 5. The average molecular weight is 704 g/mol. The van der Waals surface area contributed by atoms with Gasteiger partial charge in [0.25, 0.3) is 17.7 Å². The molecule has 0 saturated heterocycles. The van der Waals surface area contributed by atoms with Crippen molar-refractivity contribution in [3.63, 3.8) is 0 Å². The predicted molar refractivity (Wildman–Crippen MR) is 199 cm³/mol. The Balaban J connectivity index is 1.39. The molecule has 0 fully saturated rings. The molecule has 0 aromatic heterocycles. The minimum atomic E-state index is -1.65. The number of hydrogen-bond acceptors (Lipinski definition) is 7. The minimum absolute atomic E-state index is 0.0209. The Bertz CT molecular complexity index is 2050. The Morgan fingerprint density at radius 1 is 0.865 bits per heavy atom. The number of aryl methyl sites for hydroxylation is 1. The first-order valence-electron chi connectivity index (χ1n) is 17.2. The molecule has 4 aromatic rings. The van der Waals surface area contributed by atoms with Gasteiger partial charge in [0, 0.05) is 37.8 Å². The lowest BCUT2D eigenvalue weighted by molar-refractivity contribution is -0.163. The van der Waals surface area contributed by atoms with Gasteiger partial charge >= 0.3 is 11.9 Å². The van der Waals surface area contributed by atoms with Crippen molar-refractivity contribution >= 4 is 35.3 Å². The largest absolute Gasteiger partial charge is 0.464 e. The highest BCUT2D eigenvalue weighted by atomic mass is 16.6. The molecule has 52 heavy (non-hydrogen) atoms. The zero-order chi connectivity index (χ0) is 38.0. The topological polar surface area (TPSA) is 122 Å². The third-order valence-corrected chi connectivity index (χ3v) is 9.41. The van der Waals surface area contributed by atoms with Crippen molar-refractivity contribution in [2.45, 2.75) is 52.0 Å². The third-order valence-electron chi connectivity index (χ3n) is 9.41. The van der Waals surface area contributed by atoms with Crippen LogP contribution < -0.4 is 5.32 Å². The van der Waals surface area contributed by atoms with Crippen LogP contribution in [0, 0.1) is 6.92 Å². The van der Waals surface area contributed by atoms with Gasteiger partial charge in [-0.05, 0) is 71.3 Å². The summed E-state index contributed by atoms with van der Waals surface area (Å²) in [5.74, 6) is -2.55. The maximum Gasteiger partial charge on any atom is 0.340 e. The number of amides is 3. The summed E-state index contributed by atoms with van der Waals surface area (Å²) >= 11 is 0. The monoisotopic (exact) mass is 703 g/mol. The van der Waals surface area contributed by atoms with Crippen molar-refractivity contribution in [3.8, 4) is 11.1 Å². The Morgan fingerprint density at radius 2 is 1.56 bits per heavy atom. The van der Waals surface area contributed by atoms with Crippen LogP contribution in [-0.2, 0) is 36.4 Å². The number of rotatable bonds is 10. The number of anilines is 1. The van der Waals surface area contributed by atoms with Crippen LogP contribution in [0.2, 0.25) is 0 Å². The van der Waals surface area contributed by atoms with Gasteiger partial charge in [-0.15, -0.1) is 0 Å². The Kier molecular flexibility index (Phi) is 10.7. The molecule has 1 atom stereocenters. The molecule has 0 unspecified atom stereocenters. The normalized spacial score (nSPS) is 15.2. The summed E-state index contributed by atoms with van der Waals surface area (Å²) in [7, 11) is 4.67. The molecular weight excluding hydrogens is 658 g/mol. The fourth-order valence-electron chi connectivity index (χ4n) is 6.49. The van der Waals surface area contributed by atoms with Crippen LogP contribution in [0.4, 0.5) is 5.69 Å². The van der Waals surface area contributed by atoms with Crippen LogP contribution in [0.5, 0.6) is 0 Å². The third kappa shape index (κ3) is 7.19. The number of carbonyl (C=O) groups excluding carboxylic acids is 5. The zero-order valence-electron chi connectivity index (χ0n) is 31.0. The molecule has 0 spiro atoms. The van der Waals surface area contributed by atoms with E-state index in [-0.39, 0.29) is 41.5 Å². The van der Waals surface area contributed by atoms with Crippen LogP contribution in [0.3, 0.4) is 0 Å². The summed E-state index contributed by atoms with van der Waals surface area (Å²) in [5, 5.41) is 2.93. The molecule has 1 N–H and O–H groups in total. The number of likely N-dealkylation sites (N-methyl/N-ethyl adjacent to an activating group) is 1. The van der Waals surface area contributed by atoms with Gasteiger partial charge in [-0.1, -0.05) is 81.4 Å². The van der Waals surface area contributed by atoms with E-state index in [9.17, 15) is 24.0 Å². The van der Waals surface area contributed by atoms with Crippen LogP contribution in [0.1, 0.15) is 81.0 Å². The highest BCUT2D eigenvalue weighted by Gasteiger charge is 2.55. The summed E-state index contributed by atoms with van der Waals surface area (Å²) < 4.78 is 11.0. The van der Waals surface area contributed by atoms with Crippen molar-refractivity contribution < 1.29 is 33.4 Å². The second-order valence-corrected chi connectivity index (χ2v) is 14.2. The van der Waals surface area contributed by atoms with E-state index in [1.807, 2.05) is 31.2 Å². The molecule has 4 aromatic carbocycles. The van der Waals surface area contributed by atoms with Crippen LogP contribution >= 0.6 is 0 Å². The lowest BCUT2D eigenvalue weighted by Gasteiger charge is -2.33. The highest BCUT2D eigenvalue weighted by Crippen LogP contribution is 2.40. The molecular formula is C42H45N3O7. The van der Waals surface area contributed by atoms with Gasteiger partial charge in [0.2, 0.25) is 5.54 Å². The molecule has 1 heterocycles. The SMILES string of the molecule is CCOC(=O)[C@]1(COC(=O)Cc2ccc(NC(=O)c3cccc(C)c3-c3ccc(C(C)(C)C)cc3)c(C(=O)N(C)C)c2)c2ccccc2C(=O)N1C. The first kappa shape index (κ1) is 37.5. The maximum atomic E-state index is 13.9. The fourth-order valence-corrected chi connectivity index (χ4v) is 6.49. The van der Waals surface area contributed by atoms with E-state index in [0.717, 1.165) is 16.7 Å². The maximum absolute atomic E-state index is 13.9. The summed E-state index contributed by atoms with van der Waals surface area (Å²) in [6.45, 7) is 9.66. The van der Waals surface area contributed by atoms with Crippen LogP contribution in [0.25, 0.3) is 11.1 Å². The van der Waals surface area contributed by atoms with E-state index in [2.05, 4.69) is 38.2 Å². The van der Waals surface area contributed by atoms with Crippen molar-refractivity contribution in [2.24, 2.45) is 0 Å². The molecule has 10 heteroatoms. The number of fused-ring (bicyclic) bond motifs is 1. The second kappa shape index (κ2) is 14.8. The van der Waals surface area contributed by atoms with E-state index in [4.69, 9.17) is 9.47 Å². The Labute approximate surface area is 304 Å². The number of hydrogen-bond donors (Lipinski definition) is 1. The van der Waals surface area contributed by atoms with Crippen molar-refractivity contribution in [2.75, 3.05) is 39.7 Å². The molecule has 3 amide bonds. The molecule has 10 nitrogen and oxygen atoms in total. The quantitative estimate of drug-likeness (QED) is 0.186. The van der Waals surface area contributed by atoms with Gasteiger partial charge in [-0.3, -0.25) is 19.2 Å². The first-order chi connectivity index (χ1) is 24.6. The summed E-state index contributed by atoms with van der Waals surface area (Å²) in [6.07, 6.45) is -0.243. The standard InChI is InChI=1S/C42H45N3O7/c1-9-51-40(50)42(33-16-11-10-14-30(33)39(49)45(42)8)25-52-35(46)24-27-17-22-34(32(23-27)38(48)44(6)7)43-37(47)31-15-12-13-26(2)36(31)28-18-20-29(21-19-28)41(3,4)5/h10-23H,9,24-25H2,1-8H3,(H,43,47)/t42-/m0/s1. The molecule has 0 aliphatic carbocycles. The molecule has 0 bridgehead atoms. The van der Waals surface area contributed by atoms with Crippen LogP contribution in [0.15, 0.2) is 84.9 Å². The molecule has 0 radical (unpaired) electrons. The smallest absolute Gasteiger partial charge is 0.340 e. The number of esters is 2. The number of nitrogens with zero attached hydrogens (tertiary/aromatic N) is 2. The van der Waals surface area contributed by atoms with E-state index in [1.54, 1.807) is 69.6 Å². The minimum Gasteiger partial charge on any atom is -0.464 e. The molecule has 1 aliphatic heterocycles. The van der Waals surface area contributed by atoms with E-state index >= 15 is 0 Å². The van der Waals surface area contributed by atoms with Crippen LogP contribution in [-0.4, -0.2) is 73.8 Å². The van der Waals surface area contributed by atoms with Gasteiger partial charge < -0.3 is 24.6 Å². The van der Waals surface area contributed by atoms with Gasteiger partial charge in [0.1, 0.15) is 6.61 Å². The van der Waals surface area contributed by atoms with E-state index in [1.165, 1.54) is 22.4 Å². The molecule has 270 valence electrons. The number of nitrogens with one attached hydrogen (secondary N) is 1. The summed E-state index contributed by atoms with van der Waals surface area (Å²) in [5.41, 5.74) is 4.21. The number of ether oxygens (including phenoxy) is 2. The second-order valence-electron chi connectivity index (χ2n) is 14.2. The lowest BCUT2D eigenvalue weighted by atomic mass is 9.85.